The molecule has 11 heteroatoms. The maximum absolute atomic E-state index is 13.5. The number of rotatable bonds is 8. The van der Waals surface area contributed by atoms with E-state index in [1.54, 1.807) is 6.07 Å². The number of aromatic nitrogens is 2. The number of amides is 3. The summed E-state index contributed by atoms with van der Waals surface area (Å²) in [5.41, 5.74) is 1.41. The zero-order valence-corrected chi connectivity index (χ0v) is 20.4. The van der Waals surface area contributed by atoms with E-state index in [1.807, 2.05) is 13.8 Å². The first-order chi connectivity index (χ1) is 16.0. The van der Waals surface area contributed by atoms with Gasteiger partial charge in [-0.05, 0) is 37.8 Å². The summed E-state index contributed by atoms with van der Waals surface area (Å²) in [6.07, 6.45) is 5.10. The number of carbonyl (C=O) groups excluding carboxylic acids is 2. The minimum absolute atomic E-state index is 0.0447. The lowest BCUT2D eigenvalue weighted by Crippen LogP contribution is -2.35. The van der Waals surface area contributed by atoms with Gasteiger partial charge in [0, 0.05) is 60.9 Å². The topological polar surface area (TPSA) is 120 Å². The van der Waals surface area contributed by atoms with Gasteiger partial charge in [0.1, 0.15) is 5.82 Å². The number of thioether (sulfide) groups is 1. The van der Waals surface area contributed by atoms with Crippen LogP contribution in [0.5, 0.6) is 0 Å². The maximum Gasteiger partial charge on any atom is 0.320 e. The van der Waals surface area contributed by atoms with Gasteiger partial charge >= 0.3 is 6.03 Å². The van der Waals surface area contributed by atoms with Gasteiger partial charge in [0.05, 0.1) is 10.6 Å². The Kier molecular flexibility index (Phi) is 9.25. The van der Waals surface area contributed by atoms with E-state index >= 15 is 0 Å². The lowest BCUT2D eigenvalue weighted by Gasteiger charge is -2.15. The molecule has 0 radical (unpaired) electrons. The average molecular weight is 491 g/mol. The van der Waals surface area contributed by atoms with Gasteiger partial charge in [-0.2, -0.15) is 0 Å². The molecule has 0 aromatic carbocycles. The smallest absolute Gasteiger partial charge is 0.320 e. The number of nitrogens with one attached hydrogen (secondary N) is 4. The Bertz CT molecular complexity index is 1100. The molecule has 0 saturated carbocycles. The second-order valence-corrected chi connectivity index (χ2v) is 8.58. The van der Waals surface area contributed by atoms with Crippen LogP contribution in [0, 0.1) is 5.41 Å². The number of hydrogen-bond acceptors (Lipinski definition) is 6. The number of nitrogens with zero attached hydrogens (tertiary/aromatic N) is 2. The van der Waals surface area contributed by atoms with Crippen molar-refractivity contribution in [3.8, 4) is 11.1 Å². The van der Waals surface area contributed by atoms with Gasteiger partial charge in [-0.15, -0.1) is 0 Å². The van der Waals surface area contributed by atoms with Crippen molar-refractivity contribution in [3.05, 3.63) is 52.8 Å². The Labute approximate surface area is 201 Å². The number of alkyl halides is 2. The van der Waals surface area contributed by atoms with Gasteiger partial charge in [-0.25, -0.2) is 18.6 Å². The van der Waals surface area contributed by atoms with Crippen LogP contribution in [0.4, 0.5) is 19.4 Å². The SMILES string of the molecule is CCC(C)NC(=O)Nc1cc(C(=N)S/C=C(\C)C(C)(F)F)c(-c2cncc(C(=O)NC)c2)cn1. The van der Waals surface area contributed by atoms with Crippen LogP contribution in [0.15, 0.2) is 41.7 Å². The summed E-state index contributed by atoms with van der Waals surface area (Å²) >= 11 is 0.816. The Morgan fingerprint density at radius 2 is 1.97 bits per heavy atom. The van der Waals surface area contributed by atoms with Crippen LogP contribution in [0.25, 0.3) is 11.1 Å². The summed E-state index contributed by atoms with van der Waals surface area (Å²) in [5, 5.41) is 17.6. The van der Waals surface area contributed by atoms with Crippen molar-refractivity contribution in [2.45, 2.75) is 46.1 Å². The molecular weight excluding hydrogens is 462 g/mol. The number of urea groups is 1. The molecule has 0 aliphatic rings. The second-order valence-electron chi connectivity index (χ2n) is 7.70. The molecule has 2 aromatic heterocycles. The molecule has 34 heavy (non-hydrogen) atoms. The van der Waals surface area contributed by atoms with E-state index in [2.05, 4.69) is 25.9 Å². The quantitative estimate of drug-likeness (QED) is 0.305. The first-order valence-corrected chi connectivity index (χ1v) is 11.4. The van der Waals surface area contributed by atoms with Crippen molar-refractivity contribution in [2.75, 3.05) is 12.4 Å². The molecule has 2 heterocycles. The first kappa shape index (κ1) is 26.9. The highest BCUT2D eigenvalue weighted by Crippen LogP contribution is 2.31. The van der Waals surface area contributed by atoms with Crippen LogP contribution in [-0.4, -0.2) is 46.0 Å². The fourth-order valence-corrected chi connectivity index (χ4v) is 3.39. The van der Waals surface area contributed by atoms with E-state index in [0.29, 0.717) is 22.3 Å². The summed E-state index contributed by atoms with van der Waals surface area (Å²) in [6.45, 7) is 5.87. The maximum atomic E-state index is 13.5. The van der Waals surface area contributed by atoms with Gasteiger partial charge in [-0.3, -0.25) is 20.5 Å². The molecule has 0 bridgehead atoms. The van der Waals surface area contributed by atoms with Gasteiger partial charge in [0.25, 0.3) is 11.8 Å². The van der Waals surface area contributed by atoms with Crippen molar-refractivity contribution >= 4 is 34.6 Å². The standard InChI is InChI=1S/C23H28F2N6O2S/c1-6-14(3)30-22(33)31-19-8-17(20(26)34-12-13(2)23(4,24)25)18(11-29-19)15-7-16(10-28-9-15)21(32)27-5/h7-12,14,26H,6H2,1-5H3,(H,27,32)(H2,29,30,31,33)/b13-12+,26-20?. The summed E-state index contributed by atoms with van der Waals surface area (Å²) < 4.78 is 27.1. The van der Waals surface area contributed by atoms with Crippen molar-refractivity contribution in [3.63, 3.8) is 0 Å². The summed E-state index contributed by atoms with van der Waals surface area (Å²) in [6, 6.07) is 2.58. The lowest BCUT2D eigenvalue weighted by molar-refractivity contribution is 0.0638. The monoisotopic (exact) mass is 490 g/mol. The third kappa shape index (κ3) is 7.34. The van der Waals surface area contributed by atoms with Crippen LogP contribution >= 0.6 is 11.8 Å². The summed E-state index contributed by atoms with van der Waals surface area (Å²) in [5.74, 6) is -3.17. The molecule has 0 aliphatic carbocycles. The van der Waals surface area contributed by atoms with Crippen molar-refractivity contribution in [1.82, 2.24) is 20.6 Å². The molecule has 3 amide bonds. The molecule has 182 valence electrons. The largest absolute Gasteiger partial charge is 0.355 e. The molecule has 4 N–H and O–H groups in total. The van der Waals surface area contributed by atoms with Crippen molar-refractivity contribution in [1.29, 1.82) is 5.41 Å². The number of carbonyl (C=O) groups is 2. The fourth-order valence-electron chi connectivity index (χ4n) is 2.59. The third-order valence-electron chi connectivity index (χ3n) is 4.96. The third-order valence-corrected chi connectivity index (χ3v) is 5.89. The van der Waals surface area contributed by atoms with Crippen LogP contribution in [0.1, 0.15) is 50.0 Å². The van der Waals surface area contributed by atoms with Crippen LogP contribution < -0.4 is 16.0 Å². The Morgan fingerprint density at radius 3 is 2.59 bits per heavy atom. The van der Waals surface area contributed by atoms with E-state index in [9.17, 15) is 18.4 Å². The van der Waals surface area contributed by atoms with E-state index in [4.69, 9.17) is 5.41 Å². The van der Waals surface area contributed by atoms with Crippen molar-refractivity contribution < 1.29 is 18.4 Å². The molecule has 1 unspecified atom stereocenters. The molecule has 0 spiro atoms. The van der Waals surface area contributed by atoms with Gasteiger partial charge in [0.15, 0.2) is 0 Å². The van der Waals surface area contributed by atoms with Crippen LogP contribution in [-0.2, 0) is 0 Å². The number of allylic oxidation sites excluding steroid dienone is 1. The highest BCUT2D eigenvalue weighted by molar-refractivity contribution is 8.16. The Morgan fingerprint density at radius 1 is 1.26 bits per heavy atom. The average Bonchev–Trinajstić information content (AvgIpc) is 2.80. The highest BCUT2D eigenvalue weighted by atomic mass is 32.2. The summed E-state index contributed by atoms with van der Waals surface area (Å²) in [4.78, 5) is 32.6. The predicted octanol–water partition coefficient (Wildman–Crippen LogP) is 5.04. The minimum atomic E-state index is -3.01. The number of pyridine rings is 2. The lowest BCUT2D eigenvalue weighted by atomic mass is 10.0. The molecule has 0 saturated heterocycles. The zero-order chi connectivity index (χ0) is 25.5. The fraction of sp³-hybridized carbons (Fsp3) is 0.348. The summed E-state index contributed by atoms with van der Waals surface area (Å²) in [7, 11) is 1.50. The Hall–Kier alpha value is -3.34. The molecule has 8 nitrogen and oxygen atoms in total. The molecule has 0 fully saturated rings. The second kappa shape index (κ2) is 11.7. The number of anilines is 1. The van der Waals surface area contributed by atoms with E-state index in [-0.39, 0.29) is 28.4 Å². The van der Waals surface area contributed by atoms with Crippen LogP contribution in [0.2, 0.25) is 0 Å². The normalized spacial score (nSPS) is 12.6. The van der Waals surface area contributed by atoms with E-state index in [1.165, 1.54) is 44.0 Å². The van der Waals surface area contributed by atoms with E-state index in [0.717, 1.165) is 25.1 Å². The van der Waals surface area contributed by atoms with Gasteiger partial charge in [-0.1, -0.05) is 18.7 Å². The van der Waals surface area contributed by atoms with Crippen LogP contribution in [0.3, 0.4) is 0 Å². The minimum Gasteiger partial charge on any atom is -0.355 e. The molecule has 1 atom stereocenters. The molecule has 0 aliphatic heterocycles. The zero-order valence-electron chi connectivity index (χ0n) is 19.6. The molecule has 2 aromatic rings. The molecular formula is C23H28F2N6O2S. The van der Waals surface area contributed by atoms with Gasteiger partial charge in [0.2, 0.25) is 0 Å². The number of halogens is 2. The van der Waals surface area contributed by atoms with Crippen molar-refractivity contribution in [2.24, 2.45) is 0 Å². The highest BCUT2D eigenvalue weighted by Gasteiger charge is 2.24. The number of hydrogen-bond donors (Lipinski definition) is 4. The predicted molar refractivity (Wildman–Crippen MR) is 132 cm³/mol. The van der Waals surface area contributed by atoms with Gasteiger partial charge < -0.3 is 10.6 Å². The molecule has 2 rings (SSSR count). The first-order valence-electron chi connectivity index (χ1n) is 10.5. The van der Waals surface area contributed by atoms with E-state index < -0.39 is 12.0 Å². The Balaban J connectivity index is 2.48.